The van der Waals surface area contributed by atoms with Crippen LogP contribution in [0.1, 0.15) is 19.8 Å². The normalized spacial score (nSPS) is 39.1. The van der Waals surface area contributed by atoms with Gasteiger partial charge < -0.3 is 5.11 Å². The average Bonchev–Trinajstić information content (AvgIpc) is 2.70. The predicted octanol–water partition coefficient (Wildman–Crippen LogP) is 1.29. The fourth-order valence-electron chi connectivity index (χ4n) is 2.56. The molecule has 0 aromatic rings. The second kappa shape index (κ2) is 4.11. The van der Waals surface area contributed by atoms with Crippen LogP contribution in [0.25, 0.3) is 0 Å². The van der Waals surface area contributed by atoms with Crippen LogP contribution in [-0.4, -0.2) is 46.1 Å². The Hall–Kier alpha value is -0.220. The lowest BCUT2D eigenvalue weighted by atomic mass is 10.0. The van der Waals surface area contributed by atoms with Gasteiger partial charge in [0.2, 0.25) is 0 Å². The first-order chi connectivity index (χ1) is 6.70. The van der Waals surface area contributed by atoms with E-state index in [1.807, 2.05) is 11.8 Å². The molecule has 0 aliphatic carbocycles. The van der Waals surface area contributed by atoms with Crippen molar-refractivity contribution < 1.29 is 9.90 Å². The summed E-state index contributed by atoms with van der Waals surface area (Å²) >= 11 is 1.95. The molecule has 1 N–H and O–H groups in total. The number of carboxylic acid groups (broad SMARTS) is 1. The summed E-state index contributed by atoms with van der Waals surface area (Å²) in [5.41, 5.74) is 0. The van der Waals surface area contributed by atoms with Gasteiger partial charge in [0.25, 0.3) is 0 Å². The highest BCUT2D eigenvalue weighted by Gasteiger charge is 2.40. The van der Waals surface area contributed by atoms with Crippen LogP contribution >= 0.6 is 11.8 Å². The maximum atomic E-state index is 11.1. The lowest BCUT2D eigenvalue weighted by Gasteiger charge is -2.28. The van der Waals surface area contributed by atoms with Gasteiger partial charge in [-0.05, 0) is 31.1 Å². The highest BCUT2D eigenvalue weighted by molar-refractivity contribution is 7.99. The van der Waals surface area contributed by atoms with Crippen molar-refractivity contribution in [3.05, 3.63) is 0 Å². The van der Waals surface area contributed by atoms with Crippen LogP contribution in [0.15, 0.2) is 0 Å². The van der Waals surface area contributed by atoms with E-state index in [0.29, 0.717) is 12.0 Å². The number of carboxylic acids is 1. The number of likely N-dealkylation sites (tertiary alicyclic amines) is 1. The van der Waals surface area contributed by atoms with E-state index < -0.39 is 5.97 Å². The highest BCUT2D eigenvalue weighted by atomic mass is 32.2. The molecule has 0 aromatic heterocycles. The molecule has 3 unspecified atom stereocenters. The Balaban J connectivity index is 2.06. The topological polar surface area (TPSA) is 40.5 Å². The van der Waals surface area contributed by atoms with Gasteiger partial charge in [-0.25, -0.2) is 0 Å². The minimum atomic E-state index is -0.632. The first-order valence-corrected chi connectivity index (χ1v) is 6.42. The second-order valence-corrected chi connectivity index (χ2v) is 5.45. The summed E-state index contributed by atoms with van der Waals surface area (Å²) < 4.78 is 0. The summed E-state index contributed by atoms with van der Waals surface area (Å²) in [5.74, 6) is 2.00. The largest absolute Gasteiger partial charge is 0.480 e. The van der Waals surface area contributed by atoms with Crippen LogP contribution in [0, 0.1) is 5.92 Å². The fraction of sp³-hybridized carbons (Fsp3) is 0.900. The van der Waals surface area contributed by atoms with Crippen molar-refractivity contribution >= 4 is 17.7 Å². The van der Waals surface area contributed by atoms with E-state index in [4.69, 9.17) is 5.11 Å². The van der Waals surface area contributed by atoms with E-state index in [0.717, 1.165) is 18.7 Å². The summed E-state index contributed by atoms with van der Waals surface area (Å²) in [7, 11) is 0. The molecule has 0 bridgehead atoms. The van der Waals surface area contributed by atoms with Gasteiger partial charge >= 0.3 is 5.97 Å². The summed E-state index contributed by atoms with van der Waals surface area (Å²) in [4.78, 5) is 13.3. The predicted molar refractivity (Wildman–Crippen MR) is 57.6 cm³/mol. The van der Waals surface area contributed by atoms with Crippen LogP contribution in [0.4, 0.5) is 0 Å². The molecule has 2 heterocycles. The van der Waals surface area contributed by atoms with Gasteiger partial charge in [0.1, 0.15) is 6.04 Å². The van der Waals surface area contributed by atoms with E-state index >= 15 is 0 Å². The third-order valence-electron chi connectivity index (χ3n) is 3.37. The van der Waals surface area contributed by atoms with Crippen molar-refractivity contribution in [2.45, 2.75) is 31.8 Å². The van der Waals surface area contributed by atoms with Crippen LogP contribution in [0.2, 0.25) is 0 Å². The molecule has 3 nitrogen and oxygen atoms in total. The number of carbonyl (C=O) groups is 1. The molecule has 2 aliphatic heterocycles. The van der Waals surface area contributed by atoms with Crippen molar-refractivity contribution in [2.75, 3.05) is 18.1 Å². The van der Waals surface area contributed by atoms with Crippen LogP contribution in [0.5, 0.6) is 0 Å². The van der Waals surface area contributed by atoms with E-state index in [1.54, 1.807) is 0 Å². The Morgan fingerprint density at radius 2 is 2.29 bits per heavy atom. The minimum absolute atomic E-state index is 0.223. The summed E-state index contributed by atoms with van der Waals surface area (Å²) in [6, 6.07) is 0.296. The number of thioether (sulfide) groups is 1. The van der Waals surface area contributed by atoms with Crippen molar-refractivity contribution in [3.63, 3.8) is 0 Å². The third-order valence-corrected chi connectivity index (χ3v) is 4.51. The van der Waals surface area contributed by atoms with Gasteiger partial charge in [-0.1, -0.05) is 6.92 Å². The smallest absolute Gasteiger partial charge is 0.321 e. The van der Waals surface area contributed by atoms with Crippen LogP contribution < -0.4 is 0 Å². The molecule has 0 spiro atoms. The Morgan fingerprint density at radius 3 is 2.86 bits per heavy atom. The zero-order valence-electron chi connectivity index (χ0n) is 8.48. The first kappa shape index (κ1) is 10.3. The van der Waals surface area contributed by atoms with E-state index in [1.165, 1.54) is 12.2 Å². The molecule has 0 aromatic carbocycles. The molecule has 0 radical (unpaired) electrons. The van der Waals surface area contributed by atoms with Crippen molar-refractivity contribution in [1.29, 1.82) is 0 Å². The zero-order valence-corrected chi connectivity index (χ0v) is 9.30. The number of rotatable bonds is 2. The number of hydrogen-bond acceptors (Lipinski definition) is 3. The molecule has 80 valence electrons. The lowest BCUT2D eigenvalue weighted by Crippen LogP contribution is -2.45. The Kier molecular flexibility index (Phi) is 3.02. The molecular weight excluding hydrogens is 198 g/mol. The maximum Gasteiger partial charge on any atom is 0.321 e. The van der Waals surface area contributed by atoms with E-state index in [-0.39, 0.29) is 6.04 Å². The zero-order chi connectivity index (χ0) is 10.1. The first-order valence-electron chi connectivity index (χ1n) is 5.26. The molecule has 4 heteroatoms. The average molecular weight is 215 g/mol. The Morgan fingerprint density at radius 1 is 1.50 bits per heavy atom. The fourth-order valence-corrected chi connectivity index (χ4v) is 3.79. The second-order valence-electron chi connectivity index (χ2n) is 4.30. The third kappa shape index (κ3) is 1.77. The minimum Gasteiger partial charge on any atom is -0.480 e. The monoisotopic (exact) mass is 215 g/mol. The number of nitrogens with zero attached hydrogens (tertiary/aromatic N) is 1. The molecule has 0 amide bonds. The highest BCUT2D eigenvalue weighted by Crippen LogP contribution is 2.31. The van der Waals surface area contributed by atoms with E-state index in [9.17, 15) is 4.79 Å². The molecule has 2 aliphatic rings. The van der Waals surface area contributed by atoms with Crippen LogP contribution in [-0.2, 0) is 4.79 Å². The molecular formula is C10H17NO2S. The quantitative estimate of drug-likeness (QED) is 0.753. The van der Waals surface area contributed by atoms with Crippen molar-refractivity contribution in [2.24, 2.45) is 5.92 Å². The van der Waals surface area contributed by atoms with Gasteiger partial charge in [0.15, 0.2) is 0 Å². The van der Waals surface area contributed by atoms with Crippen molar-refractivity contribution in [1.82, 2.24) is 4.90 Å². The standard InChI is InChI=1S/C10H17NO2S/c1-7-2-4-11(9(7)10(12)13)8-3-5-14-6-8/h7-9H,2-6H2,1H3,(H,12,13). The molecule has 14 heavy (non-hydrogen) atoms. The molecule has 3 atom stereocenters. The van der Waals surface area contributed by atoms with Gasteiger partial charge in [-0.15, -0.1) is 0 Å². The Bertz CT molecular complexity index is 228. The van der Waals surface area contributed by atoms with Crippen molar-refractivity contribution in [3.8, 4) is 0 Å². The maximum absolute atomic E-state index is 11.1. The molecule has 2 saturated heterocycles. The Labute approximate surface area is 88.9 Å². The molecule has 2 fully saturated rings. The van der Waals surface area contributed by atoms with Crippen LogP contribution in [0.3, 0.4) is 0 Å². The van der Waals surface area contributed by atoms with E-state index in [2.05, 4.69) is 11.8 Å². The SMILES string of the molecule is CC1CCN(C2CCSC2)C1C(=O)O. The van der Waals surface area contributed by atoms with Gasteiger partial charge in [0.05, 0.1) is 0 Å². The number of hydrogen-bond donors (Lipinski definition) is 1. The molecule has 0 saturated carbocycles. The summed E-state index contributed by atoms with van der Waals surface area (Å²) in [6.45, 7) is 3.03. The summed E-state index contributed by atoms with van der Waals surface area (Å²) in [6.07, 6.45) is 2.21. The van der Waals surface area contributed by atoms with Gasteiger partial charge in [0, 0.05) is 11.8 Å². The van der Waals surface area contributed by atoms with Gasteiger partial charge in [-0.3, -0.25) is 9.69 Å². The lowest BCUT2D eigenvalue weighted by molar-refractivity contribution is -0.144. The molecule has 2 rings (SSSR count). The number of aliphatic carboxylic acids is 1. The summed E-state index contributed by atoms with van der Waals surface area (Å²) in [5, 5.41) is 9.17. The van der Waals surface area contributed by atoms with Gasteiger partial charge in [-0.2, -0.15) is 11.8 Å².